The smallest absolute Gasteiger partial charge is 0.269 e. The average Bonchev–Trinajstić information content (AvgIpc) is 3.34. The van der Waals surface area contributed by atoms with E-state index in [2.05, 4.69) is 24.5 Å². The molecule has 0 saturated carbocycles. The molecule has 196 valence electrons. The van der Waals surface area contributed by atoms with Crippen molar-refractivity contribution in [2.24, 2.45) is 5.41 Å². The fourth-order valence-corrected chi connectivity index (χ4v) is 6.05. The van der Waals surface area contributed by atoms with Crippen LogP contribution >= 0.6 is 11.3 Å². The molecule has 0 radical (unpaired) electrons. The molecular formula is C29H30N4O4S. The van der Waals surface area contributed by atoms with Gasteiger partial charge < -0.3 is 15.5 Å². The van der Waals surface area contributed by atoms with Gasteiger partial charge in [0.1, 0.15) is 0 Å². The summed E-state index contributed by atoms with van der Waals surface area (Å²) in [7, 11) is 0. The van der Waals surface area contributed by atoms with Gasteiger partial charge in [0.25, 0.3) is 5.69 Å². The number of carbonyl (C=O) groups excluding carboxylic acids is 2. The van der Waals surface area contributed by atoms with Crippen molar-refractivity contribution in [3.63, 3.8) is 0 Å². The van der Waals surface area contributed by atoms with E-state index in [9.17, 15) is 19.7 Å². The molecule has 2 N–H and O–H groups in total. The van der Waals surface area contributed by atoms with Crippen molar-refractivity contribution in [3.05, 3.63) is 97.9 Å². The maximum absolute atomic E-state index is 13.7. The van der Waals surface area contributed by atoms with Crippen molar-refractivity contribution < 1.29 is 14.5 Å². The highest BCUT2D eigenvalue weighted by atomic mass is 32.1. The van der Waals surface area contributed by atoms with Crippen molar-refractivity contribution in [2.75, 3.05) is 23.3 Å². The number of amides is 1. The second kappa shape index (κ2) is 10.4. The summed E-state index contributed by atoms with van der Waals surface area (Å²) in [5, 5.41) is 19.9. The molecule has 1 unspecified atom stereocenters. The van der Waals surface area contributed by atoms with Gasteiger partial charge in [0, 0.05) is 41.2 Å². The molecule has 1 aromatic heterocycles. The van der Waals surface area contributed by atoms with Crippen LogP contribution in [0.3, 0.4) is 0 Å². The summed E-state index contributed by atoms with van der Waals surface area (Å²) in [5.41, 5.74) is 3.55. The Morgan fingerprint density at radius 2 is 1.89 bits per heavy atom. The molecule has 2 aromatic carbocycles. The molecule has 1 amide bonds. The molecule has 0 fully saturated rings. The van der Waals surface area contributed by atoms with Crippen LogP contribution in [0.15, 0.2) is 77.3 Å². The van der Waals surface area contributed by atoms with Crippen LogP contribution in [0.2, 0.25) is 0 Å². The number of nitro groups is 1. The third kappa shape index (κ3) is 5.33. The standard InChI is InChI=1S/C29H30N4O4S/c1-29(2)16-23-27(25(34)17-29)28(19-9-11-20(12-10-19)33(36)37)32(24-8-4-3-7-22(24)31-23)18-26(35)30-14-13-21-6-5-15-38-21/h3-12,15,28,31H,13-14,16-18H2,1-2H3,(H,30,35). The third-order valence-corrected chi connectivity index (χ3v) is 7.95. The van der Waals surface area contributed by atoms with Gasteiger partial charge in [-0.05, 0) is 59.5 Å². The lowest BCUT2D eigenvalue weighted by Gasteiger charge is -2.37. The molecule has 9 heteroatoms. The summed E-state index contributed by atoms with van der Waals surface area (Å²) in [4.78, 5) is 41.0. The number of thiophene rings is 1. The topological polar surface area (TPSA) is 105 Å². The summed E-state index contributed by atoms with van der Waals surface area (Å²) in [6.45, 7) is 4.69. The molecule has 0 bridgehead atoms. The van der Waals surface area contributed by atoms with E-state index >= 15 is 0 Å². The Kier molecular flexibility index (Phi) is 7.03. The van der Waals surface area contributed by atoms with Gasteiger partial charge >= 0.3 is 0 Å². The molecule has 1 atom stereocenters. The average molecular weight is 531 g/mol. The van der Waals surface area contributed by atoms with Crippen LogP contribution in [0.25, 0.3) is 0 Å². The molecular weight excluding hydrogens is 500 g/mol. The van der Waals surface area contributed by atoms with E-state index in [4.69, 9.17) is 0 Å². The maximum atomic E-state index is 13.7. The van der Waals surface area contributed by atoms with Crippen LogP contribution in [-0.2, 0) is 16.0 Å². The summed E-state index contributed by atoms with van der Waals surface area (Å²) in [6, 6.07) is 17.5. The first-order chi connectivity index (χ1) is 18.2. The van der Waals surface area contributed by atoms with E-state index in [1.807, 2.05) is 46.7 Å². The monoisotopic (exact) mass is 530 g/mol. The fourth-order valence-electron chi connectivity index (χ4n) is 5.34. The summed E-state index contributed by atoms with van der Waals surface area (Å²) >= 11 is 1.66. The summed E-state index contributed by atoms with van der Waals surface area (Å²) in [6.07, 6.45) is 1.80. The van der Waals surface area contributed by atoms with E-state index in [1.165, 1.54) is 17.0 Å². The SMILES string of the molecule is CC1(C)CC(=O)C2=C(C1)Nc1ccccc1N(CC(=O)NCCc1cccs1)C2c1ccc([N+](=O)[O-])cc1. The van der Waals surface area contributed by atoms with Gasteiger partial charge in [-0.2, -0.15) is 0 Å². The number of benzene rings is 2. The second-order valence-corrected chi connectivity index (χ2v) is 11.6. The van der Waals surface area contributed by atoms with Crippen LogP contribution in [0, 0.1) is 15.5 Å². The quantitative estimate of drug-likeness (QED) is 0.303. The molecule has 5 rings (SSSR count). The van der Waals surface area contributed by atoms with Crippen LogP contribution in [-0.4, -0.2) is 29.7 Å². The van der Waals surface area contributed by atoms with Crippen molar-refractivity contribution in [2.45, 2.75) is 39.2 Å². The van der Waals surface area contributed by atoms with Gasteiger partial charge in [-0.1, -0.05) is 32.0 Å². The molecule has 2 heterocycles. The number of nitrogens with one attached hydrogen (secondary N) is 2. The number of anilines is 2. The minimum absolute atomic E-state index is 0.0167. The zero-order valence-electron chi connectivity index (χ0n) is 21.4. The lowest BCUT2D eigenvalue weighted by Crippen LogP contribution is -2.42. The van der Waals surface area contributed by atoms with Crippen LogP contribution in [0.5, 0.6) is 0 Å². The molecule has 38 heavy (non-hydrogen) atoms. The number of hydrogen-bond donors (Lipinski definition) is 2. The molecule has 0 spiro atoms. The normalized spacial score (nSPS) is 18.2. The van der Waals surface area contributed by atoms with Gasteiger partial charge in [0.2, 0.25) is 5.91 Å². The predicted molar refractivity (Wildman–Crippen MR) is 149 cm³/mol. The van der Waals surface area contributed by atoms with Crippen molar-refractivity contribution in [1.29, 1.82) is 0 Å². The number of para-hydroxylation sites is 2. The van der Waals surface area contributed by atoms with E-state index in [0.717, 1.165) is 29.1 Å². The van der Waals surface area contributed by atoms with Crippen LogP contribution < -0.4 is 15.5 Å². The zero-order valence-corrected chi connectivity index (χ0v) is 22.2. The number of ketones is 1. The van der Waals surface area contributed by atoms with Crippen molar-refractivity contribution in [1.82, 2.24) is 5.32 Å². The Morgan fingerprint density at radius 1 is 1.13 bits per heavy atom. The number of rotatable bonds is 7. The van der Waals surface area contributed by atoms with Crippen LogP contribution in [0.1, 0.15) is 43.2 Å². The molecule has 0 saturated heterocycles. The summed E-state index contributed by atoms with van der Waals surface area (Å²) in [5.74, 6) is -0.140. The lowest BCUT2D eigenvalue weighted by atomic mass is 9.73. The van der Waals surface area contributed by atoms with Gasteiger partial charge in [-0.3, -0.25) is 19.7 Å². The van der Waals surface area contributed by atoms with Crippen molar-refractivity contribution in [3.8, 4) is 0 Å². The van der Waals surface area contributed by atoms with E-state index in [-0.39, 0.29) is 29.3 Å². The van der Waals surface area contributed by atoms with E-state index in [0.29, 0.717) is 25.0 Å². The molecule has 3 aromatic rings. The highest BCUT2D eigenvalue weighted by molar-refractivity contribution is 7.09. The number of non-ortho nitro benzene ring substituents is 1. The van der Waals surface area contributed by atoms with Gasteiger partial charge in [0.15, 0.2) is 5.78 Å². The van der Waals surface area contributed by atoms with Crippen molar-refractivity contribution >= 4 is 40.1 Å². The third-order valence-electron chi connectivity index (χ3n) is 7.01. The Labute approximate surface area is 225 Å². The number of fused-ring (bicyclic) bond motifs is 1. The largest absolute Gasteiger partial charge is 0.357 e. The first kappa shape index (κ1) is 25.7. The molecule has 1 aliphatic heterocycles. The highest BCUT2D eigenvalue weighted by Gasteiger charge is 2.42. The number of Topliss-reactive ketones (excluding diaryl/α,β-unsaturated/α-hetero) is 1. The molecule has 2 aliphatic rings. The van der Waals surface area contributed by atoms with Gasteiger partial charge in [-0.25, -0.2) is 0 Å². The number of carbonyl (C=O) groups is 2. The maximum Gasteiger partial charge on any atom is 0.269 e. The highest BCUT2D eigenvalue weighted by Crippen LogP contribution is 2.48. The number of hydrogen-bond acceptors (Lipinski definition) is 7. The summed E-state index contributed by atoms with van der Waals surface area (Å²) < 4.78 is 0. The van der Waals surface area contributed by atoms with E-state index < -0.39 is 11.0 Å². The van der Waals surface area contributed by atoms with E-state index in [1.54, 1.807) is 23.5 Å². The number of allylic oxidation sites excluding steroid dienone is 1. The fraction of sp³-hybridized carbons (Fsp3) is 0.310. The molecule has 8 nitrogen and oxygen atoms in total. The Hall–Kier alpha value is -3.98. The van der Waals surface area contributed by atoms with Gasteiger partial charge in [0.05, 0.1) is 28.9 Å². The Bertz CT molecular complexity index is 1400. The first-order valence-electron chi connectivity index (χ1n) is 12.6. The van der Waals surface area contributed by atoms with Gasteiger partial charge in [-0.15, -0.1) is 11.3 Å². The predicted octanol–water partition coefficient (Wildman–Crippen LogP) is 5.63. The zero-order chi connectivity index (χ0) is 26.9. The Balaban J connectivity index is 1.55. The minimum Gasteiger partial charge on any atom is -0.357 e. The minimum atomic E-state index is -0.575. The lowest BCUT2D eigenvalue weighted by molar-refractivity contribution is -0.384. The number of nitrogens with zero attached hydrogens (tertiary/aromatic N) is 2. The Morgan fingerprint density at radius 3 is 2.61 bits per heavy atom. The second-order valence-electron chi connectivity index (χ2n) is 10.5. The van der Waals surface area contributed by atoms with Crippen LogP contribution in [0.4, 0.5) is 17.1 Å². The first-order valence-corrected chi connectivity index (χ1v) is 13.5. The molecule has 1 aliphatic carbocycles. The number of nitro benzene ring substituents is 1.